The van der Waals surface area contributed by atoms with Gasteiger partial charge in [0.15, 0.2) is 11.5 Å². The Morgan fingerprint density at radius 1 is 1.22 bits per heavy atom. The van der Waals surface area contributed by atoms with Gasteiger partial charge in [-0.2, -0.15) is 0 Å². The molecule has 3 rings (SSSR count). The number of hydrogen-bond acceptors (Lipinski definition) is 5. The van der Waals surface area contributed by atoms with E-state index in [1.165, 1.54) is 10.6 Å². The van der Waals surface area contributed by atoms with Crippen molar-refractivity contribution in [2.75, 3.05) is 39.1 Å². The fourth-order valence-electron chi connectivity index (χ4n) is 3.54. The number of nitrogens with one attached hydrogen (secondary N) is 1. The second kappa shape index (κ2) is 8.48. The number of piperidine rings is 1. The van der Waals surface area contributed by atoms with Crippen molar-refractivity contribution in [2.24, 2.45) is 5.92 Å². The minimum Gasteiger partial charge on any atom is -0.486 e. The molecule has 1 saturated heterocycles. The van der Waals surface area contributed by atoms with E-state index in [0.717, 1.165) is 23.5 Å². The van der Waals surface area contributed by atoms with Gasteiger partial charge in [0, 0.05) is 25.6 Å². The SMILES string of the molecule is CC(CCNC(=O)C1CCN(S(C)(=O)=O)CC1)c1ccc2c(c1)OCCO2. The van der Waals surface area contributed by atoms with Crippen molar-refractivity contribution in [2.45, 2.75) is 32.1 Å². The zero-order chi connectivity index (χ0) is 19.4. The zero-order valence-corrected chi connectivity index (χ0v) is 16.8. The molecule has 1 aromatic rings. The van der Waals surface area contributed by atoms with E-state index in [4.69, 9.17) is 9.47 Å². The molecule has 150 valence electrons. The van der Waals surface area contributed by atoms with Crippen molar-refractivity contribution in [1.82, 2.24) is 9.62 Å². The molecule has 27 heavy (non-hydrogen) atoms. The summed E-state index contributed by atoms with van der Waals surface area (Å²) in [6.45, 7) is 4.72. The molecule has 2 heterocycles. The quantitative estimate of drug-likeness (QED) is 0.792. The van der Waals surface area contributed by atoms with Gasteiger partial charge in [0.25, 0.3) is 0 Å². The number of sulfonamides is 1. The molecule has 8 heteroatoms. The number of carbonyl (C=O) groups excluding carboxylic acids is 1. The third kappa shape index (κ3) is 5.13. The Bertz CT molecular complexity index is 772. The second-order valence-corrected chi connectivity index (χ2v) is 9.30. The number of ether oxygens (including phenoxy) is 2. The fourth-order valence-corrected chi connectivity index (χ4v) is 4.41. The Morgan fingerprint density at radius 3 is 2.56 bits per heavy atom. The van der Waals surface area contributed by atoms with Crippen LogP contribution in [0.1, 0.15) is 37.7 Å². The molecule has 1 amide bonds. The van der Waals surface area contributed by atoms with Crippen molar-refractivity contribution in [3.05, 3.63) is 23.8 Å². The number of carbonyl (C=O) groups is 1. The van der Waals surface area contributed by atoms with Crippen LogP contribution in [-0.2, 0) is 14.8 Å². The normalized spacial score (nSPS) is 19.5. The largest absolute Gasteiger partial charge is 0.486 e. The summed E-state index contributed by atoms with van der Waals surface area (Å²) in [6, 6.07) is 6.00. The van der Waals surface area contributed by atoms with Crippen molar-refractivity contribution in [3.63, 3.8) is 0 Å². The predicted molar refractivity (Wildman–Crippen MR) is 103 cm³/mol. The number of nitrogens with zero attached hydrogens (tertiary/aromatic N) is 1. The summed E-state index contributed by atoms with van der Waals surface area (Å²) in [6.07, 6.45) is 3.20. The molecule has 1 fully saturated rings. The highest BCUT2D eigenvalue weighted by atomic mass is 32.2. The van der Waals surface area contributed by atoms with Crippen molar-refractivity contribution in [3.8, 4) is 11.5 Å². The first-order valence-electron chi connectivity index (χ1n) is 9.47. The lowest BCUT2D eigenvalue weighted by Crippen LogP contribution is -2.42. The van der Waals surface area contributed by atoms with Crippen LogP contribution >= 0.6 is 0 Å². The number of fused-ring (bicyclic) bond motifs is 1. The van der Waals surface area contributed by atoms with E-state index in [9.17, 15) is 13.2 Å². The van der Waals surface area contributed by atoms with Crippen LogP contribution in [0.2, 0.25) is 0 Å². The van der Waals surface area contributed by atoms with E-state index in [2.05, 4.69) is 12.2 Å². The van der Waals surface area contributed by atoms with Crippen LogP contribution in [0, 0.1) is 5.92 Å². The van der Waals surface area contributed by atoms with Crippen LogP contribution < -0.4 is 14.8 Å². The standard InChI is InChI=1S/C19H28N2O5S/c1-14(16-3-4-17-18(13-16)26-12-11-25-17)5-8-20-19(22)15-6-9-21(10-7-15)27(2,23)24/h3-4,13-15H,5-12H2,1-2H3,(H,20,22). The van der Waals surface area contributed by atoms with Gasteiger partial charge >= 0.3 is 0 Å². The molecule has 1 aromatic carbocycles. The van der Waals surface area contributed by atoms with E-state index in [-0.39, 0.29) is 17.7 Å². The van der Waals surface area contributed by atoms with Gasteiger partial charge in [-0.25, -0.2) is 12.7 Å². The summed E-state index contributed by atoms with van der Waals surface area (Å²) in [7, 11) is -3.16. The van der Waals surface area contributed by atoms with Crippen LogP contribution in [-0.4, -0.2) is 57.7 Å². The smallest absolute Gasteiger partial charge is 0.223 e. The average Bonchev–Trinajstić information content (AvgIpc) is 2.66. The number of rotatable bonds is 6. The molecule has 0 radical (unpaired) electrons. The Balaban J connectivity index is 1.43. The van der Waals surface area contributed by atoms with Crippen LogP contribution in [0.5, 0.6) is 11.5 Å². The molecule has 0 aromatic heterocycles. The van der Waals surface area contributed by atoms with Crippen LogP contribution in [0.15, 0.2) is 18.2 Å². The van der Waals surface area contributed by atoms with E-state index < -0.39 is 10.0 Å². The summed E-state index contributed by atoms with van der Waals surface area (Å²) >= 11 is 0. The molecule has 2 aliphatic heterocycles. The second-order valence-electron chi connectivity index (χ2n) is 7.32. The Labute approximate surface area is 161 Å². The van der Waals surface area contributed by atoms with Gasteiger partial charge in [0.05, 0.1) is 6.26 Å². The lowest BCUT2D eigenvalue weighted by molar-refractivity contribution is -0.126. The van der Waals surface area contributed by atoms with Gasteiger partial charge in [0.1, 0.15) is 13.2 Å². The summed E-state index contributed by atoms with van der Waals surface area (Å²) < 4.78 is 35.7. The molecule has 1 atom stereocenters. The summed E-state index contributed by atoms with van der Waals surface area (Å²) in [4.78, 5) is 12.3. The number of benzene rings is 1. The first kappa shape index (κ1) is 19.9. The fraction of sp³-hybridized carbons (Fsp3) is 0.632. The molecule has 0 aliphatic carbocycles. The maximum absolute atomic E-state index is 12.3. The molecular formula is C19H28N2O5S. The Morgan fingerprint density at radius 2 is 1.89 bits per heavy atom. The van der Waals surface area contributed by atoms with E-state index in [1.807, 2.05) is 18.2 Å². The lowest BCUT2D eigenvalue weighted by atomic mass is 9.95. The zero-order valence-electron chi connectivity index (χ0n) is 15.9. The molecule has 0 bridgehead atoms. The van der Waals surface area contributed by atoms with Gasteiger partial charge in [-0.1, -0.05) is 13.0 Å². The van der Waals surface area contributed by atoms with Crippen LogP contribution in [0.4, 0.5) is 0 Å². The molecule has 0 spiro atoms. The first-order valence-corrected chi connectivity index (χ1v) is 11.3. The minimum atomic E-state index is -3.16. The predicted octanol–water partition coefficient (Wildman–Crippen LogP) is 1.74. The highest BCUT2D eigenvalue weighted by Gasteiger charge is 2.28. The minimum absolute atomic E-state index is 0.0255. The van der Waals surface area contributed by atoms with Crippen molar-refractivity contribution >= 4 is 15.9 Å². The monoisotopic (exact) mass is 396 g/mol. The topological polar surface area (TPSA) is 84.9 Å². The first-order chi connectivity index (χ1) is 12.8. The van der Waals surface area contributed by atoms with E-state index >= 15 is 0 Å². The third-order valence-corrected chi connectivity index (χ3v) is 6.61. The van der Waals surface area contributed by atoms with E-state index in [1.54, 1.807) is 0 Å². The van der Waals surface area contributed by atoms with Gasteiger partial charge in [-0.05, 0) is 42.9 Å². The molecule has 2 aliphatic rings. The van der Waals surface area contributed by atoms with Gasteiger partial charge < -0.3 is 14.8 Å². The molecular weight excluding hydrogens is 368 g/mol. The Kier molecular flexibility index (Phi) is 6.26. The molecule has 0 saturated carbocycles. The summed E-state index contributed by atoms with van der Waals surface area (Å²) in [5, 5.41) is 3.01. The maximum atomic E-state index is 12.3. The van der Waals surface area contributed by atoms with Crippen molar-refractivity contribution < 1.29 is 22.7 Å². The van der Waals surface area contributed by atoms with Gasteiger partial charge in [-0.15, -0.1) is 0 Å². The molecule has 1 unspecified atom stereocenters. The van der Waals surface area contributed by atoms with Crippen LogP contribution in [0.3, 0.4) is 0 Å². The highest BCUT2D eigenvalue weighted by Crippen LogP contribution is 2.33. The van der Waals surface area contributed by atoms with Gasteiger partial charge in [-0.3, -0.25) is 4.79 Å². The molecule has 7 nitrogen and oxygen atoms in total. The number of hydrogen-bond donors (Lipinski definition) is 1. The maximum Gasteiger partial charge on any atom is 0.223 e. The average molecular weight is 397 g/mol. The highest BCUT2D eigenvalue weighted by molar-refractivity contribution is 7.88. The van der Waals surface area contributed by atoms with Gasteiger partial charge in [0.2, 0.25) is 15.9 Å². The lowest BCUT2D eigenvalue weighted by Gasteiger charge is -2.29. The van der Waals surface area contributed by atoms with Crippen molar-refractivity contribution in [1.29, 1.82) is 0 Å². The summed E-state index contributed by atoms with van der Waals surface area (Å²) in [5.41, 5.74) is 1.16. The number of amides is 1. The third-order valence-electron chi connectivity index (χ3n) is 5.31. The van der Waals surface area contributed by atoms with Crippen LogP contribution in [0.25, 0.3) is 0 Å². The van der Waals surface area contributed by atoms with E-state index in [0.29, 0.717) is 45.7 Å². The summed E-state index contributed by atoms with van der Waals surface area (Å²) in [5.74, 6) is 1.77. The Hall–Kier alpha value is -1.80. The molecule has 1 N–H and O–H groups in total.